The Morgan fingerprint density at radius 3 is 3.10 bits per heavy atom. The molecule has 1 aromatic carbocycles. The summed E-state index contributed by atoms with van der Waals surface area (Å²) in [5.41, 5.74) is 0.447. The SMILES string of the molecule is CNCC1CN(c2cccc(C#N)c2[N+](=O)[O-])CCO1. The molecule has 20 heavy (non-hydrogen) atoms. The second kappa shape index (κ2) is 6.32. The van der Waals surface area contributed by atoms with Gasteiger partial charge in [0.2, 0.25) is 0 Å². The molecule has 1 aliphatic rings. The van der Waals surface area contributed by atoms with E-state index < -0.39 is 4.92 Å². The van der Waals surface area contributed by atoms with Gasteiger partial charge in [-0.3, -0.25) is 10.1 Å². The molecule has 0 radical (unpaired) electrons. The highest BCUT2D eigenvalue weighted by atomic mass is 16.6. The fourth-order valence-electron chi connectivity index (χ4n) is 2.36. The predicted octanol–water partition coefficient (Wildman–Crippen LogP) is 0.891. The minimum atomic E-state index is -0.490. The second-order valence-corrected chi connectivity index (χ2v) is 4.54. The molecule has 106 valence electrons. The van der Waals surface area contributed by atoms with E-state index in [0.717, 1.165) is 0 Å². The molecule has 1 heterocycles. The number of hydrogen-bond acceptors (Lipinski definition) is 6. The minimum Gasteiger partial charge on any atom is -0.373 e. The average Bonchev–Trinajstić information content (AvgIpc) is 2.47. The number of likely N-dealkylation sites (N-methyl/N-ethyl adjacent to an activating group) is 1. The van der Waals surface area contributed by atoms with Crippen molar-refractivity contribution in [2.24, 2.45) is 0 Å². The first-order valence-electron chi connectivity index (χ1n) is 6.36. The molecule has 0 saturated carbocycles. The van der Waals surface area contributed by atoms with Crippen molar-refractivity contribution in [1.29, 1.82) is 5.26 Å². The molecule has 0 bridgehead atoms. The molecular formula is C13H16N4O3. The maximum absolute atomic E-state index is 11.2. The van der Waals surface area contributed by atoms with Gasteiger partial charge in [0.05, 0.1) is 17.6 Å². The van der Waals surface area contributed by atoms with Crippen LogP contribution >= 0.6 is 0 Å². The Morgan fingerprint density at radius 1 is 1.65 bits per heavy atom. The number of benzene rings is 1. The molecule has 1 unspecified atom stereocenters. The van der Waals surface area contributed by atoms with Gasteiger partial charge in [0.1, 0.15) is 17.3 Å². The van der Waals surface area contributed by atoms with Crippen LogP contribution in [0.4, 0.5) is 11.4 Å². The fourth-order valence-corrected chi connectivity index (χ4v) is 2.36. The molecule has 7 nitrogen and oxygen atoms in total. The summed E-state index contributed by atoms with van der Waals surface area (Å²) in [5, 5.41) is 23.3. The zero-order valence-electron chi connectivity index (χ0n) is 11.2. The Hall–Kier alpha value is -2.17. The van der Waals surface area contributed by atoms with Crippen LogP contribution < -0.4 is 10.2 Å². The van der Waals surface area contributed by atoms with Crippen molar-refractivity contribution in [3.63, 3.8) is 0 Å². The van der Waals surface area contributed by atoms with Crippen molar-refractivity contribution in [2.75, 3.05) is 38.2 Å². The summed E-state index contributed by atoms with van der Waals surface area (Å²) < 4.78 is 5.59. The van der Waals surface area contributed by atoms with E-state index >= 15 is 0 Å². The molecule has 0 spiro atoms. The monoisotopic (exact) mass is 276 g/mol. The van der Waals surface area contributed by atoms with Crippen LogP contribution in [0.1, 0.15) is 5.56 Å². The number of nitrogens with zero attached hydrogens (tertiary/aromatic N) is 3. The van der Waals surface area contributed by atoms with Gasteiger partial charge in [-0.25, -0.2) is 0 Å². The van der Waals surface area contributed by atoms with E-state index in [9.17, 15) is 10.1 Å². The van der Waals surface area contributed by atoms with Crippen LogP contribution in [0.2, 0.25) is 0 Å². The zero-order chi connectivity index (χ0) is 14.5. The van der Waals surface area contributed by atoms with E-state index in [1.165, 1.54) is 6.07 Å². The van der Waals surface area contributed by atoms with Crippen LogP contribution in [-0.4, -0.2) is 44.3 Å². The van der Waals surface area contributed by atoms with Crippen molar-refractivity contribution in [3.05, 3.63) is 33.9 Å². The number of ether oxygens (including phenoxy) is 1. The van der Waals surface area contributed by atoms with E-state index in [-0.39, 0.29) is 17.4 Å². The zero-order valence-corrected chi connectivity index (χ0v) is 11.2. The van der Waals surface area contributed by atoms with Crippen LogP contribution in [0.5, 0.6) is 0 Å². The Balaban J connectivity index is 2.32. The summed E-state index contributed by atoms with van der Waals surface area (Å²) in [4.78, 5) is 12.7. The maximum atomic E-state index is 11.2. The smallest absolute Gasteiger partial charge is 0.310 e. The predicted molar refractivity (Wildman–Crippen MR) is 73.7 cm³/mol. The van der Waals surface area contributed by atoms with Crippen LogP contribution in [0.25, 0.3) is 0 Å². The normalized spacial score (nSPS) is 18.6. The molecule has 1 saturated heterocycles. The summed E-state index contributed by atoms with van der Waals surface area (Å²) >= 11 is 0. The number of anilines is 1. The van der Waals surface area contributed by atoms with E-state index in [2.05, 4.69) is 5.32 Å². The summed E-state index contributed by atoms with van der Waals surface area (Å²) in [6.07, 6.45) is -0.0147. The highest BCUT2D eigenvalue weighted by Crippen LogP contribution is 2.32. The highest BCUT2D eigenvalue weighted by molar-refractivity contribution is 5.70. The minimum absolute atomic E-state index is 0.0147. The lowest BCUT2D eigenvalue weighted by Crippen LogP contribution is -2.46. The third-order valence-corrected chi connectivity index (χ3v) is 3.23. The summed E-state index contributed by atoms with van der Waals surface area (Å²) in [7, 11) is 1.83. The summed E-state index contributed by atoms with van der Waals surface area (Å²) in [6, 6.07) is 6.70. The number of hydrogen-bond donors (Lipinski definition) is 1. The van der Waals surface area contributed by atoms with Gasteiger partial charge in [0.25, 0.3) is 0 Å². The molecule has 1 fully saturated rings. The number of nitro benzene ring substituents is 1. The van der Waals surface area contributed by atoms with Gasteiger partial charge < -0.3 is 15.0 Å². The molecule has 1 N–H and O–H groups in total. The third kappa shape index (κ3) is 2.87. The van der Waals surface area contributed by atoms with Crippen molar-refractivity contribution in [1.82, 2.24) is 5.32 Å². The lowest BCUT2D eigenvalue weighted by molar-refractivity contribution is -0.384. The lowest BCUT2D eigenvalue weighted by atomic mass is 10.1. The van der Waals surface area contributed by atoms with Gasteiger partial charge in [0, 0.05) is 19.6 Å². The van der Waals surface area contributed by atoms with Crippen LogP contribution in [0.3, 0.4) is 0 Å². The Morgan fingerprint density at radius 2 is 2.45 bits per heavy atom. The molecule has 0 aromatic heterocycles. The first-order valence-corrected chi connectivity index (χ1v) is 6.36. The molecular weight excluding hydrogens is 260 g/mol. The molecule has 1 aromatic rings. The van der Waals surface area contributed by atoms with Gasteiger partial charge in [-0.2, -0.15) is 5.26 Å². The van der Waals surface area contributed by atoms with Crippen molar-refractivity contribution in [3.8, 4) is 6.07 Å². The molecule has 7 heteroatoms. The maximum Gasteiger partial charge on any atom is 0.310 e. The Kier molecular flexibility index (Phi) is 4.50. The molecule has 1 aliphatic heterocycles. The quantitative estimate of drug-likeness (QED) is 0.648. The molecule has 0 aliphatic carbocycles. The molecule has 0 amide bonds. The van der Waals surface area contributed by atoms with E-state index in [1.54, 1.807) is 12.1 Å². The number of para-hydroxylation sites is 1. The van der Waals surface area contributed by atoms with Crippen LogP contribution in [0, 0.1) is 21.4 Å². The summed E-state index contributed by atoms with van der Waals surface area (Å²) in [6.45, 7) is 2.34. The number of nitrogens with one attached hydrogen (secondary N) is 1. The van der Waals surface area contributed by atoms with Crippen LogP contribution in [0.15, 0.2) is 18.2 Å². The Labute approximate surface area is 116 Å². The average molecular weight is 276 g/mol. The van der Waals surface area contributed by atoms with Gasteiger partial charge in [0.15, 0.2) is 0 Å². The second-order valence-electron chi connectivity index (χ2n) is 4.54. The summed E-state index contributed by atoms with van der Waals surface area (Å²) in [5.74, 6) is 0. The molecule has 2 rings (SSSR count). The van der Waals surface area contributed by atoms with E-state index in [4.69, 9.17) is 10.00 Å². The van der Waals surface area contributed by atoms with E-state index in [0.29, 0.717) is 31.9 Å². The third-order valence-electron chi connectivity index (χ3n) is 3.23. The van der Waals surface area contributed by atoms with E-state index in [1.807, 2.05) is 18.0 Å². The number of nitro groups is 1. The van der Waals surface area contributed by atoms with Gasteiger partial charge >= 0.3 is 5.69 Å². The molecule has 1 atom stereocenters. The number of rotatable bonds is 4. The fraction of sp³-hybridized carbons (Fsp3) is 0.462. The first kappa shape index (κ1) is 14.2. The topological polar surface area (TPSA) is 91.4 Å². The standard InChI is InChI=1S/C13H16N4O3/c1-15-8-11-9-16(5-6-20-11)12-4-2-3-10(7-14)13(12)17(18)19/h2-4,11,15H,5-6,8-9H2,1H3. The Bertz CT molecular complexity index is 539. The van der Waals surface area contributed by atoms with Crippen LogP contribution in [-0.2, 0) is 4.74 Å². The van der Waals surface area contributed by atoms with Crippen molar-refractivity contribution in [2.45, 2.75) is 6.10 Å². The van der Waals surface area contributed by atoms with Gasteiger partial charge in [-0.05, 0) is 19.2 Å². The van der Waals surface area contributed by atoms with Gasteiger partial charge in [-0.15, -0.1) is 0 Å². The number of morpholine rings is 1. The number of nitriles is 1. The van der Waals surface area contributed by atoms with Gasteiger partial charge in [-0.1, -0.05) is 6.07 Å². The first-order chi connectivity index (χ1) is 9.67. The lowest BCUT2D eigenvalue weighted by Gasteiger charge is -2.34. The largest absolute Gasteiger partial charge is 0.373 e. The van der Waals surface area contributed by atoms with Crippen molar-refractivity contribution >= 4 is 11.4 Å². The van der Waals surface area contributed by atoms with Crippen molar-refractivity contribution < 1.29 is 9.66 Å². The highest BCUT2D eigenvalue weighted by Gasteiger charge is 2.27.